The van der Waals surface area contributed by atoms with Crippen LogP contribution in [0.2, 0.25) is 0 Å². The third-order valence-electron chi connectivity index (χ3n) is 4.83. The number of likely N-dealkylation sites (tertiary alicyclic amines) is 1. The van der Waals surface area contributed by atoms with Crippen LogP contribution in [0.25, 0.3) is 10.8 Å². The Morgan fingerprint density at radius 1 is 1.00 bits per heavy atom. The second kappa shape index (κ2) is 3.83. The summed E-state index contributed by atoms with van der Waals surface area (Å²) in [5.41, 5.74) is 1.49. The van der Waals surface area contributed by atoms with Crippen LogP contribution in [0.3, 0.4) is 0 Å². The van der Waals surface area contributed by atoms with E-state index in [2.05, 4.69) is 54.3 Å². The van der Waals surface area contributed by atoms with Gasteiger partial charge in [0.1, 0.15) is 0 Å². The lowest BCUT2D eigenvalue weighted by molar-refractivity contribution is 0.237. The van der Waals surface area contributed by atoms with Crippen LogP contribution in [-0.2, 0) is 0 Å². The van der Waals surface area contributed by atoms with Gasteiger partial charge >= 0.3 is 0 Å². The molecule has 2 aliphatic rings. The molecule has 1 heteroatoms. The minimum absolute atomic E-state index is 0.559. The molecule has 0 amide bonds. The predicted octanol–water partition coefficient (Wildman–Crippen LogP) is 3.85. The van der Waals surface area contributed by atoms with E-state index in [1.165, 1.54) is 35.8 Å². The molecule has 0 spiro atoms. The molecule has 3 atom stereocenters. The van der Waals surface area contributed by atoms with E-state index in [0.717, 1.165) is 11.8 Å². The van der Waals surface area contributed by atoms with Gasteiger partial charge in [0, 0.05) is 19.1 Å². The van der Waals surface area contributed by atoms with Crippen LogP contribution >= 0.6 is 0 Å². The van der Waals surface area contributed by atoms with Crippen molar-refractivity contribution in [2.24, 2.45) is 11.8 Å². The Balaban J connectivity index is 1.72. The summed E-state index contributed by atoms with van der Waals surface area (Å²) in [6.07, 6.45) is 1.48. The number of hydrogen-bond donors (Lipinski definition) is 0. The molecule has 2 aromatic carbocycles. The van der Waals surface area contributed by atoms with Crippen LogP contribution in [0.1, 0.15) is 24.9 Å². The van der Waals surface area contributed by atoms with Gasteiger partial charge < -0.3 is 0 Å². The van der Waals surface area contributed by atoms with E-state index >= 15 is 0 Å². The van der Waals surface area contributed by atoms with Gasteiger partial charge in [0.25, 0.3) is 0 Å². The Morgan fingerprint density at radius 3 is 2.56 bits per heavy atom. The van der Waals surface area contributed by atoms with Crippen LogP contribution < -0.4 is 0 Å². The van der Waals surface area contributed by atoms with Gasteiger partial charge in [0.15, 0.2) is 0 Å². The second-order valence-electron chi connectivity index (χ2n) is 5.95. The average molecular weight is 237 g/mol. The number of piperidine rings is 1. The van der Waals surface area contributed by atoms with E-state index < -0.39 is 0 Å². The third-order valence-corrected chi connectivity index (χ3v) is 4.83. The molecule has 92 valence electrons. The normalized spacial score (nSPS) is 28.3. The summed E-state index contributed by atoms with van der Waals surface area (Å²) in [5, 5.41) is 2.79. The van der Waals surface area contributed by atoms with Gasteiger partial charge in [-0.15, -0.1) is 0 Å². The zero-order valence-electron chi connectivity index (χ0n) is 10.8. The van der Waals surface area contributed by atoms with E-state index in [1.807, 2.05) is 0 Å². The first-order valence-electron chi connectivity index (χ1n) is 7.04. The molecule has 2 aromatic rings. The number of hydrogen-bond acceptors (Lipinski definition) is 1. The molecule has 1 aliphatic carbocycles. The quantitative estimate of drug-likeness (QED) is 0.766. The zero-order valence-corrected chi connectivity index (χ0v) is 10.8. The highest BCUT2D eigenvalue weighted by Crippen LogP contribution is 2.47. The fourth-order valence-corrected chi connectivity index (χ4v) is 3.56. The number of benzene rings is 2. The first-order valence-corrected chi connectivity index (χ1v) is 7.04. The molecule has 1 saturated heterocycles. The zero-order chi connectivity index (χ0) is 12.1. The summed E-state index contributed by atoms with van der Waals surface area (Å²) in [6.45, 7) is 5.00. The Morgan fingerprint density at radius 2 is 1.72 bits per heavy atom. The number of nitrogens with zero attached hydrogens (tertiary/aromatic N) is 1. The minimum atomic E-state index is 0.559. The number of fused-ring (bicyclic) bond motifs is 2. The highest BCUT2D eigenvalue weighted by atomic mass is 15.2. The molecule has 1 saturated carbocycles. The monoisotopic (exact) mass is 237 g/mol. The summed E-state index contributed by atoms with van der Waals surface area (Å²) in [4.78, 5) is 2.67. The summed E-state index contributed by atoms with van der Waals surface area (Å²) in [6, 6.07) is 16.0. The molecule has 1 unspecified atom stereocenters. The van der Waals surface area contributed by atoms with Gasteiger partial charge in [0.2, 0.25) is 0 Å². The van der Waals surface area contributed by atoms with Gasteiger partial charge in [-0.25, -0.2) is 0 Å². The van der Waals surface area contributed by atoms with E-state index in [9.17, 15) is 0 Å². The van der Waals surface area contributed by atoms with Gasteiger partial charge in [-0.2, -0.15) is 0 Å². The lowest BCUT2D eigenvalue weighted by Crippen LogP contribution is -2.26. The van der Waals surface area contributed by atoms with E-state index in [1.54, 1.807) is 0 Å². The highest BCUT2D eigenvalue weighted by molar-refractivity contribution is 5.86. The molecule has 0 radical (unpaired) electrons. The minimum Gasteiger partial charge on any atom is -0.296 e. The topological polar surface area (TPSA) is 3.24 Å². The first kappa shape index (κ1) is 10.6. The summed E-state index contributed by atoms with van der Waals surface area (Å²) < 4.78 is 0. The molecule has 18 heavy (non-hydrogen) atoms. The molecular weight excluding hydrogens is 218 g/mol. The molecule has 0 N–H and O–H groups in total. The van der Waals surface area contributed by atoms with Crippen molar-refractivity contribution in [2.75, 3.05) is 13.1 Å². The summed E-state index contributed by atoms with van der Waals surface area (Å²) >= 11 is 0. The highest BCUT2D eigenvalue weighted by Gasteiger charge is 2.46. The van der Waals surface area contributed by atoms with Gasteiger partial charge in [-0.1, -0.05) is 42.5 Å². The third kappa shape index (κ3) is 1.58. The lowest BCUT2D eigenvalue weighted by atomic mass is 9.99. The molecule has 4 rings (SSSR count). The van der Waals surface area contributed by atoms with Crippen LogP contribution in [0, 0.1) is 11.8 Å². The lowest BCUT2D eigenvalue weighted by Gasteiger charge is -2.27. The maximum Gasteiger partial charge on any atom is 0.0326 e. The maximum atomic E-state index is 2.67. The molecular formula is C17H19N. The van der Waals surface area contributed by atoms with E-state index in [4.69, 9.17) is 0 Å². The fourth-order valence-electron chi connectivity index (χ4n) is 3.56. The van der Waals surface area contributed by atoms with Crippen LogP contribution in [0.5, 0.6) is 0 Å². The Hall–Kier alpha value is -1.34. The largest absolute Gasteiger partial charge is 0.296 e. The molecule has 1 aliphatic heterocycles. The van der Waals surface area contributed by atoms with Crippen molar-refractivity contribution in [2.45, 2.75) is 19.4 Å². The smallest absolute Gasteiger partial charge is 0.0326 e. The molecule has 2 fully saturated rings. The van der Waals surface area contributed by atoms with Crippen LogP contribution in [0.15, 0.2) is 42.5 Å². The summed E-state index contributed by atoms with van der Waals surface area (Å²) in [7, 11) is 0. The second-order valence-corrected chi connectivity index (χ2v) is 5.95. The summed E-state index contributed by atoms with van der Waals surface area (Å²) in [5.74, 6) is 2.03. The van der Waals surface area contributed by atoms with Gasteiger partial charge in [-0.05, 0) is 41.5 Å². The maximum absolute atomic E-state index is 2.67. The van der Waals surface area contributed by atoms with Crippen molar-refractivity contribution in [3.63, 3.8) is 0 Å². The van der Waals surface area contributed by atoms with Crippen molar-refractivity contribution < 1.29 is 0 Å². The fraction of sp³-hybridized carbons (Fsp3) is 0.412. The number of rotatable bonds is 2. The predicted molar refractivity (Wildman–Crippen MR) is 75.5 cm³/mol. The van der Waals surface area contributed by atoms with Crippen LogP contribution in [0.4, 0.5) is 0 Å². The van der Waals surface area contributed by atoms with Crippen LogP contribution in [-0.4, -0.2) is 18.0 Å². The Bertz CT molecular complexity index is 574. The van der Waals surface area contributed by atoms with E-state index in [0.29, 0.717) is 6.04 Å². The average Bonchev–Trinajstić information content (AvgIpc) is 3.04. The van der Waals surface area contributed by atoms with Crippen molar-refractivity contribution in [3.05, 3.63) is 48.0 Å². The van der Waals surface area contributed by atoms with Gasteiger partial charge in [-0.3, -0.25) is 4.90 Å². The molecule has 0 aromatic heterocycles. The van der Waals surface area contributed by atoms with E-state index in [-0.39, 0.29) is 0 Å². The standard InChI is InChI=1S/C17H19N/c1-12(18-10-14-9-15(14)11-18)16-8-4-6-13-5-2-3-7-17(13)16/h2-8,12,14-15H,9-11H2,1H3/t12?,14-,15+. The van der Waals surface area contributed by atoms with Crippen molar-refractivity contribution in [1.82, 2.24) is 4.90 Å². The van der Waals surface area contributed by atoms with Crippen molar-refractivity contribution in [3.8, 4) is 0 Å². The Kier molecular flexibility index (Phi) is 2.25. The van der Waals surface area contributed by atoms with Crippen molar-refractivity contribution in [1.29, 1.82) is 0 Å². The van der Waals surface area contributed by atoms with Crippen molar-refractivity contribution >= 4 is 10.8 Å². The Labute approximate surface area is 108 Å². The molecule has 1 nitrogen and oxygen atoms in total. The van der Waals surface area contributed by atoms with Gasteiger partial charge in [0.05, 0.1) is 0 Å². The molecule has 0 bridgehead atoms. The first-order chi connectivity index (χ1) is 8.83. The molecule has 1 heterocycles. The SMILES string of the molecule is CC(c1cccc2ccccc12)N1C[C@H]2C[C@H]2C1.